The molecule has 4 aromatic rings. The van der Waals surface area contributed by atoms with Crippen LogP contribution in [0.5, 0.6) is 0 Å². The third-order valence-electron chi connectivity index (χ3n) is 7.29. The first-order chi connectivity index (χ1) is 20.2. The Hall–Kier alpha value is -3.44. The summed E-state index contributed by atoms with van der Waals surface area (Å²) in [6.45, 7) is -5.71. The summed E-state index contributed by atoms with van der Waals surface area (Å²) in [4.78, 5) is 40.1. The van der Waals surface area contributed by atoms with E-state index in [1.54, 1.807) is 0 Å². The summed E-state index contributed by atoms with van der Waals surface area (Å²) >= 11 is 3.81. The number of halogens is 3. The number of nitrogens with one attached hydrogen (secondary N) is 2. The largest absolute Gasteiger partial charge is 0.387 e. The van der Waals surface area contributed by atoms with Crippen LogP contribution in [0.4, 0.5) is 19.1 Å². The molecule has 1 saturated carbocycles. The van der Waals surface area contributed by atoms with Crippen molar-refractivity contribution in [3.63, 3.8) is 0 Å². The second kappa shape index (κ2) is 9.28. The van der Waals surface area contributed by atoms with E-state index >= 15 is 13.2 Å². The number of aliphatic hydroxyl groups is 2. The van der Waals surface area contributed by atoms with Crippen LogP contribution >= 0.6 is 19.0 Å². The maximum Gasteiger partial charge on any atom is 0.386 e. The summed E-state index contributed by atoms with van der Waals surface area (Å²) in [7, 11) is 0. The van der Waals surface area contributed by atoms with Crippen LogP contribution < -0.4 is 16.9 Å². The SMILES string of the molecule is Nc1nc2c(ncn2[C@@H]2O[C@@H]3C(O)[C@]3(F)[C@H]2OP(=O)(S)OC[C@H]2O[C@@H](n3nnc4c(=O)[nH]cnc43)C(F)(F)[C@@H]2O)c(=O)[nH]1. The number of thiol groups is 1. The van der Waals surface area contributed by atoms with Gasteiger partial charge in [-0.1, -0.05) is 17.5 Å². The zero-order chi connectivity index (χ0) is 30.6. The molecule has 0 spiro atoms. The van der Waals surface area contributed by atoms with Gasteiger partial charge in [0.25, 0.3) is 11.1 Å². The fourth-order valence-electron chi connectivity index (χ4n) is 5.10. The Morgan fingerprint density at radius 1 is 1.14 bits per heavy atom. The quantitative estimate of drug-likeness (QED) is 0.0987. The minimum Gasteiger partial charge on any atom is -0.387 e. The predicted molar refractivity (Wildman–Crippen MR) is 135 cm³/mol. The number of ether oxygens (including phenoxy) is 2. The molecule has 4 aromatic heterocycles. The molecule has 6 heterocycles. The van der Waals surface area contributed by atoms with E-state index in [1.807, 2.05) is 0 Å². The van der Waals surface area contributed by atoms with Gasteiger partial charge < -0.3 is 30.4 Å². The number of alkyl halides is 3. The Morgan fingerprint density at radius 2 is 1.91 bits per heavy atom. The Balaban J connectivity index is 1.11. The molecule has 24 heteroatoms. The van der Waals surface area contributed by atoms with Gasteiger partial charge in [-0.05, 0) is 0 Å². The molecule has 7 rings (SSSR count). The number of nitrogen functional groups attached to an aromatic ring is 1. The number of aromatic amines is 2. The Morgan fingerprint density at radius 3 is 2.67 bits per heavy atom. The molecule has 0 amide bonds. The highest BCUT2D eigenvalue weighted by Crippen LogP contribution is 2.64. The Kier molecular flexibility index (Phi) is 6.12. The lowest BCUT2D eigenvalue weighted by Gasteiger charge is -2.28. The average molecular weight is 650 g/mol. The molecular formula is C19H18F3N10O9PS. The van der Waals surface area contributed by atoms with Gasteiger partial charge in [0.1, 0.15) is 18.3 Å². The molecule has 6 N–H and O–H groups in total. The van der Waals surface area contributed by atoms with Crippen molar-refractivity contribution in [1.29, 1.82) is 0 Å². The summed E-state index contributed by atoms with van der Waals surface area (Å²) in [6.07, 6.45) is -11.3. The third-order valence-corrected chi connectivity index (χ3v) is 8.89. The first kappa shape index (κ1) is 28.3. The van der Waals surface area contributed by atoms with Gasteiger partial charge in [0.15, 0.2) is 46.4 Å². The number of nitrogens with zero attached hydrogens (tertiary/aromatic N) is 7. The maximum atomic E-state index is 15.7. The molecule has 230 valence electrons. The van der Waals surface area contributed by atoms with Crippen molar-refractivity contribution in [1.82, 2.24) is 44.5 Å². The molecule has 3 fully saturated rings. The van der Waals surface area contributed by atoms with Crippen LogP contribution in [0, 0.1) is 0 Å². The van der Waals surface area contributed by atoms with Crippen LogP contribution in [0.15, 0.2) is 22.2 Å². The lowest BCUT2D eigenvalue weighted by molar-refractivity contribution is -0.142. The fraction of sp³-hybridized carbons (Fsp3) is 0.526. The zero-order valence-corrected chi connectivity index (χ0v) is 22.7. The third kappa shape index (κ3) is 4.14. The van der Waals surface area contributed by atoms with Crippen LogP contribution in [0.2, 0.25) is 0 Å². The summed E-state index contributed by atoms with van der Waals surface area (Å²) < 4.78 is 81.7. The van der Waals surface area contributed by atoms with Crippen LogP contribution in [0.25, 0.3) is 22.3 Å². The number of aliphatic hydroxyl groups excluding tert-OH is 2. The number of hydrogen-bond acceptors (Lipinski definition) is 15. The smallest absolute Gasteiger partial charge is 0.386 e. The first-order valence-corrected chi connectivity index (χ1v) is 14.8. The highest BCUT2D eigenvalue weighted by molar-refractivity contribution is 8.44. The normalized spacial score (nSPS) is 34.5. The average Bonchev–Trinajstić information content (AvgIpc) is 3.45. The molecule has 43 heavy (non-hydrogen) atoms. The van der Waals surface area contributed by atoms with Gasteiger partial charge in [-0.25, -0.2) is 18.9 Å². The predicted octanol–water partition coefficient (Wildman–Crippen LogP) is -1.46. The summed E-state index contributed by atoms with van der Waals surface area (Å²) in [6, 6.07) is 0. The molecule has 3 aliphatic rings. The molecule has 0 radical (unpaired) electrons. The van der Waals surface area contributed by atoms with Crippen LogP contribution in [0.3, 0.4) is 0 Å². The van der Waals surface area contributed by atoms with Gasteiger partial charge in [-0.3, -0.25) is 28.2 Å². The number of anilines is 1. The monoisotopic (exact) mass is 650 g/mol. The van der Waals surface area contributed by atoms with Crippen LogP contribution in [-0.4, -0.2) is 103 Å². The molecule has 0 bridgehead atoms. The Labute approximate surface area is 238 Å². The lowest BCUT2D eigenvalue weighted by atomic mass is 10.1. The number of rotatable bonds is 7. The second-order valence-electron chi connectivity index (χ2n) is 9.87. The summed E-state index contributed by atoms with van der Waals surface area (Å²) in [5.74, 6) is -4.33. The number of fused-ring (bicyclic) bond motifs is 3. The van der Waals surface area contributed by atoms with Crippen molar-refractivity contribution >= 4 is 47.3 Å². The topological polar surface area (TPSA) is 260 Å². The van der Waals surface area contributed by atoms with E-state index in [1.165, 1.54) is 0 Å². The van der Waals surface area contributed by atoms with Gasteiger partial charge in [-0.2, -0.15) is 18.4 Å². The van der Waals surface area contributed by atoms with Gasteiger partial charge in [0.2, 0.25) is 12.2 Å². The van der Waals surface area contributed by atoms with Gasteiger partial charge >= 0.3 is 12.7 Å². The molecular weight excluding hydrogens is 632 g/mol. The lowest BCUT2D eigenvalue weighted by Crippen LogP contribution is -2.40. The first-order valence-electron chi connectivity index (χ1n) is 12.1. The van der Waals surface area contributed by atoms with Crippen LogP contribution in [0.1, 0.15) is 12.5 Å². The fourth-order valence-corrected chi connectivity index (χ4v) is 6.56. The highest BCUT2D eigenvalue weighted by atomic mass is 32.7. The molecule has 19 nitrogen and oxygen atoms in total. The van der Waals surface area contributed by atoms with E-state index < -0.39 is 79.1 Å². The van der Waals surface area contributed by atoms with Gasteiger partial charge in [-0.15, -0.1) is 5.10 Å². The molecule has 9 atom stereocenters. The molecule has 2 unspecified atom stereocenters. The second-order valence-corrected chi connectivity index (χ2v) is 12.7. The highest BCUT2D eigenvalue weighted by Gasteiger charge is 2.80. The van der Waals surface area contributed by atoms with Crippen molar-refractivity contribution < 1.29 is 46.5 Å². The van der Waals surface area contributed by atoms with E-state index in [4.69, 9.17) is 24.3 Å². The van der Waals surface area contributed by atoms with E-state index in [-0.39, 0.29) is 28.3 Å². The Bertz CT molecular complexity index is 1940. The standard InChI is InChI=1S/C19H18F3N10O9PS/c20-18-8(34)9(18)40-15(31-3-26-5-12(31)27-17(23)28-14(5)36)10(18)41-42(37,43)38-1-4-7(33)19(21,22)16(39-4)32-11-6(29-30-32)13(35)25-2-24-11/h2-4,7-10,15-16,33-34H,1H2,(H,37,43)(H,24,25,35)(H3,23,27,28,36)/t4-,7-,8?,9-,10+,15-,16-,18-,42?/m1/s1. The van der Waals surface area contributed by atoms with Crippen molar-refractivity contribution in [2.75, 3.05) is 12.3 Å². The van der Waals surface area contributed by atoms with Crippen LogP contribution in [-0.2, 0) is 23.1 Å². The van der Waals surface area contributed by atoms with E-state index in [2.05, 4.69) is 47.5 Å². The summed E-state index contributed by atoms with van der Waals surface area (Å²) in [5.41, 5.74) is 0.419. The van der Waals surface area contributed by atoms with E-state index in [0.29, 0.717) is 4.68 Å². The number of H-pyrrole nitrogens is 2. The maximum absolute atomic E-state index is 15.7. The molecule has 2 aliphatic heterocycles. The summed E-state index contributed by atoms with van der Waals surface area (Å²) in [5, 5.41) is 27.4. The zero-order valence-electron chi connectivity index (χ0n) is 20.9. The molecule has 2 saturated heterocycles. The minimum absolute atomic E-state index is 0.151. The van der Waals surface area contributed by atoms with Crippen molar-refractivity contribution in [3.05, 3.63) is 33.4 Å². The number of nitrogens with two attached hydrogens (primary N) is 1. The number of imidazole rings is 1. The van der Waals surface area contributed by atoms with Crippen molar-refractivity contribution in [3.8, 4) is 0 Å². The van der Waals surface area contributed by atoms with Gasteiger partial charge in [0, 0.05) is 0 Å². The van der Waals surface area contributed by atoms with Crippen molar-refractivity contribution in [2.24, 2.45) is 0 Å². The van der Waals surface area contributed by atoms with E-state index in [0.717, 1.165) is 17.2 Å². The number of aromatic nitrogens is 9. The number of hydrogen-bond donors (Lipinski definition) is 6. The minimum atomic E-state index is -4.70. The van der Waals surface area contributed by atoms with Gasteiger partial charge in [0.05, 0.1) is 19.3 Å². The molecule has 1 aliphatic carbocycles. The molecule has 0 aromatic carbocycles. The van der Waals surface area contributed by atoms with Crippen molar-refractivity contribution in [2.45, 2.75) is 54.6 Å². The van der Waals surface area contributed by atoms with E-state index in [9.17, 15) is 24.4 Å².